The summed E-state index contributed by atoms with van der Waals surface area (Å²) in [5, 5.41) is 6.99. The van der Waals surface area contributed by atoms with Crippen LogP contribution in [0.4, 0.5) is 0 Å². The highest BCUT2D eigenvalue weighted by molar-refractivity contribution is 7.80. The third kappa shape index (κ3) is 4.14. The summed E-state index contributed by atoms with van der Waals surface area (Å²) < 4.78 is 0. The molecule has 2 N–H and O–H groups in total. The van der Waals surface area contributed by atoms with Crippen LogP contribution in [0.5, 0.6) is 0 Å². The molecule has 0 aliphatic heterocycles. The number of thiocarbonyl (C=S) groups is 1. The van der Waals surface area contributed by atoms with Crippen molar-refractivity contribution >= 4 is 17.3 Å². The molecular weight excluding hydrogens is 218 g/mol. The molecule has 0 amide bonds. The average Bonchev–Trinajstić information content (AvgIpc) is 2.26. The highest BCUT2D eigenvalue weighted by Crippen LogP contribution is 2.05. The molecule has 88 valence electrons. The van der Waals surface area contributed by atoms with Crippen LogP contribution in [-0.2, 0) is 13.0 Å². The molecule has 4 heteroatoms. The molecule has 0 saturated heterocycles. The second-order valence-corrected chi connectivity index (χ2v) is 4.35. The van der Waals surface area contributed by atoms with Gasteiger partial charge in [-0.25, -0.2) is 0 Å². The largest absolute Gasteiger partial charge is 0.361 e. The van der Waals surface area contributed by atoms with Crippen molar-refractivity contribution in [1.82, 2.24) is 15.6 Å². The van der Waals surface area contributed by atoms with E-state index in [0.29, 0.717) is 17.7 Å². The molecular formula is C12H19N3S. The van der Waals surface area contributed by atoms with E-state index in [1.807, 2.05) is 12.3 Å². The normalized spacial score (nSPS) is 10.2. The van der Waals surface area contributed by atoms with Crippen molar-refractivity contribution in [2.75, 3.05) is 0 Å². The van der Waals surface area contributed by atoms with Gasteiger partial charge >= 0.3 is 0 Å². The van der Waals surface area contributed by atoms with Crippen LogP contribution < -0.4 is 10.6 Å². The van der Waals surface area contributed by atoms with E-state index in [4.69, 9.17) is 12.2 Å². The maximum Gasteiger partial charge on any atom is 0.166 e. The second kappa shape index (κ2) is 6.43. The summed E-state index contributed by atoms with van der Waals surface area (Å²) in [4.78, 5) is 4.35. The van der Waals surface area contributed by atoms with Gasteiger partial charge in [-0.3, -0.25) is 4.98 Å². The van der Waals surface area contributed by atoms with Crippen LogP contribution in [0.15, 0.2) is 18.3 Å². The van der Waals surface area contributed by atoms with E-state index in [0.717, 1.165) is 12.1 Å². The van der Waals surface area contributed by atoms with E-state index in [1.165, 1.54) is 5.56 Å². The van der Waals surface area contributed by atoms with Crippen molar-refractivity contribution in [3.05, 3.63) is 29.6 Å². The molecule has 16 heavy (non-hydrogen) atoms. The van der Waals surface area contributed by atoms with Crippen LogP contribution in [0, 0.1) is 0 Å². The van der Waals surface area contributed by atoms with Gasteiger partial charge in [0.05, 0.1) is 12.2 Å². The quantitative estimate of drug-likeness (QED) is 0.786. The fourth-order valence-electron chi connectivity index (χ4n) is 1.43. The summed E-state index contributed by atoms with van der Waals surface area (Å²) in [5.74, 6) is 0. The molecule has 1 aromatic heterocycles. The molecule has 0 aliphatic carbocycles. The summed E-state index contributed by atoms with van der Waals surface area (Å²) in [6.07, 6.45) is 2.81. The third-order valence-corrected chi connectivity index (χ3v) is 2.46. The van der Waals surface area contributed by atoms with Crippen molar-refractivity contribution < 1.29 is 0 Å². The van der Waals surface area contributed by atoms with Gasteiger partial charge in [0.2, 0.25) is 0 Å². The number of rotatable bonds is 4. The SMILES string of the molecule is CCc1cccnc1CNC(=S)NC(C)C. The molecule has 0 spiro atoms. The van der Waals surface area contributed by atoms with E-state index in [2.05, 4.69) is 42.5 Å². The monoisotopic (exact) mass is 237 g/mol. The second-order valence-electron chi connectivity index (χ2n) is 3.94. The molecule has 0 saturated carbocycles. The maximum absolute atomic E-state index is 5.16. The van der Waals surface area contributed by atoms with Crippen LogP contribution in [0.3, 0.4) is 0 Å². The van der Waals surface area contributed by atoms with E-state index in [9.17, 15) is 0 Å². The van der Waals surface area contributed by atoms with Gasteiger partial charge in [0.1, 0.15) is 0 Å². The Balaban J connectivity index is 2.51. The number of hydrogen-bond acceptors (Lipinski definition) is 2. The Morgan fingerprint density at radius 1 is 1.50 bits per heavy atom. The van der Waals surface area contributed by atoms with E-state index in [-0.39, 0.29) is 0 Å². The van der Waals surface area contributed by atoms with E-state index in [1.54, 1.807) is 0 Å². The zero-order chi connectivity index (χ0) is 12.0. The van der Waals surface area contributed by atoms with Gasteiger partial charge < -0.3 is 10.6 Å². The van der Waals surface area contributed by atoms with Crippen LogP contribution in [-0.4, -0.2) is 16.1 Å². The van der Waals surface area contributed by atoms with E-state index >= 15 is 0 Å². The Labute approximate surface area is 103 Å². The van der Waals surface area contributed by atoms with Gasteiger partial charge in [-0.15, -0.1) is 0 Å². The fraction of sp³-hybridized carbons (Fsp3) is 0.500. The highest BCUT2D eigenvalue weighted by Gasteiger charge is 2.02. The predicted molar refractivity (Wildman–Crippen MR) is 71.3 cm³/mol. The lowest BCUT2D eigenvalue weighted by atomic mass is 10.1. The average molecular weight is 237 g/mol. The van der Waals surface area contributed by atoms with Gasteiger partial charge in [-0.2, -0.15) is 0 Å². The number of pyridine rings is 1. The first-order valence-corrected chi connectivity index (χ1v) is 6.01. The molecule has 0 aromatic carbocycles. The fourth-order valence-corrected chi connectivity index (χ4v) is 1.74. The standard InChI is InChI=1S/C12H19N3S/c1-4-10-6-5-7-13-11(10)8-14-12(16)15-9(2)3/h5-7,9H,4,8H2,1-3H3,(H2,14,15,16). The first-order valence-electron chi connectivity index (χ1n) is 5.60. The number of nitrogens with zero attached hydrogens (tertiary/aromatic N) is 1. The topological polar surface area (TPSA) is 37.0 Å². The van der Waals surface area contributed by atoms with Gasteiger partial charge in [-0.05, 0) is 44.1 Å². The Morgan fingerprint density at radius 3 is 2.88 bits per heavy atom. The Hall–Kier alpha value is -1.16. The lowest BCUT2D eigenvalue weighted by molar-refractivity contribution is 0.708. The van der Waals surface area contributed by atoms with Crippen LogP contribution in [0.25, 0.3) is 0 Å². The molecule has 1 aromatic rings. The number of aromatic nitrogens is 1. The molecule has 0 aliphatic rings. The smallest absolute Gasteiger partial charge is 0.166 e. The molecule has 0 radical (unpaired) electrons. The van der Waals surface area contributed by atoms with Crippen molar-refractivity contribution in [2.45, 2.75) is 39.8 Å². The number of hydrogen-bond donors (Lipinski definition) is 2. The minimum absolute atomic E-state index is 0.356. The summed E-state index contributed by atoms with van der Waals surface area (Å²) in [6, 6.07) is 4.42. The lowest BCUT2D eigenvalue weighted by Crippen LogP contribution is -2.39. The van der Waals surface area contributed by atoms with Crippen LogP contribution >= 0.6 is 12.2 Å². The highest BCUT2D eigenvalue weighted by atomic mass is 32.1. The van der Waals surface area contributed by atoms with Crippen molar-refractivity contribution in [3.63, 3.8) is 0 Å². The Morgan fingerprint density at radius 2 is 2.25 bits per heavy atom. The molecule has 1 rings (SSSR count). The molecule has 3 nitrogen and oxygen atoms in total. The van der Waals surface area contributed by atoms with Crippen LogP contribution in [0.1, 0.15) is 32.0 Å². The number of aryl methyl sites for hydroxylation is 1. The summed E-state index contributed by atoms with van der Waals surface area (Å²) in [6.45, 7) is 6.94. The van der Waals surface area contributed by atoms with E-state index < -0.39 is 0 Å². The molecule has 0 bridgehead atoms. The van der Waals surface area contributed by atoms with Gasteiger partial charge in [0.15, 0.2) is 5.11 Å². The summed E-state index contributed by atoms with van der Waals surface area (Å²) >= 11 is 5.16. The van der Waals surface area contributed by atoms with Crippen molar-refractivity contribution in [3.8, 4) is 0 Å². The maximum atomic E-state index is 5.16. The van der Waals surface area contributed by atoms with Gasteiger partial charge in [0, 0.05) is 12.2 Å². The molecule has 0 unspecified atom stereocenters. The predicted octanol–water partition coefficient (Wildman–Crippen LogP) is 2.02. The third-order valence-electron chi connectivity index (χ3n) is 2.20. The molecule has 0 atom stereocenters. The zero-order valence-electron chi connectivity index (χ0n) is 10.1. The minimum atomic E-state index is 0.356. The first kappa shape index (κ1) is 12.9. The number of nitrogens with one attached hydrogen (secondary N) is 2. The Kier molecular flexibility index (Phi) is 5.19. The first-order chi connectivity index (χ1) is 7.63. The Bertz CT molecular complexity index is 350. The summed E-state index contributed by atoms with van der Waals surface area (Å²) in [7, 11) is 0. The van der Waals surface area contributed by atoms with Gasteiger partial charge in [0.25, 0.3) is 0 Å². The molecule has 0 fully saturated rings. The van der Waals surface area contributed by atoms with Crippen molar-refractivity contribution in [2.24, 2.45) is 0 Å². The lowest BCUT2D eigenvalue weighted by Gasteiger charge is -2.13. The molecule has 1 heterocycles. The zero-order valence-corrected chi connectivity index (χ0v) is 10.9. The van der Waals surface area contributed by atoms with Crippen LogP contribution in [0.2, 0.25) is 0 Å². The summed E-state index contributed by atoms with van der Waals surface area (Å²) in [5.41, 5.74) is 2.33. The minimum Gasteiger partial charge on any atom is -0.361 e. The van der Waals surface area contributed by atoms with Crippen molar-refractivity contribution in [1.29, 1.82) is 0 Å². The van der Waals surface area contributed by atoms with Gasteiger partial charge in [-0.1, -0.05) is 13.0 Å².